The summed E-state index contributed by atoms with van der Waals surface area (Å²) < 4.78 is 0. The zero-order chi connectivity index (χ0) is 23.4. The van der Waals surface area contributed by atoms with Gasteiger partial charge in [0.2, 0.25) is 0 Å². The van der Waals surface area contributed by atoms with Crippen molar-refractivity contribution in [3.8, 4) is 0 Å². The number of nitrogens with zero attached hydrogens (tertiary/aromatic N) is 3. The summed E-state index contributed by atoms with van der Waals surface area (Å²) in [6.07, 6.45) is 8.37. The number of carboxylic acids is 1. The molecule has 0 saturated heterocycles. The fourth-order valence-electron chi connectivity index (χ4n) is 2.36. The zero-order valence-electron chi connectivity index (χ0n) is 18.9. The van der Waals surface area contributed by atoms with Gasteiger partial charge in [-0.25, -0.2) is 0 Å². The predicted octanol–water partition coefficient (Wildman–Crippen LogP) is 4.18. The first-order valence-corrected chi connectivity index (χ1v) is 10.8. The van der Waals surface area contributed by atoms with Crippen LogP contribution in [0.2, 0.25) is 0 Å². The molecule has 1 aromatic carbocycles. The van der Waals surface area contributed by atoms with Crippen LogP contribution in [0.3, 0.4) is 0 Å². The van der Waals surface area contributed by atoms with Gasteiger partial charge in [-0.2, -0.15) is 0 Å². The summed E-state index contributed by atoms with van der Waals surface area (Å²) in [5, 5.41) is 20.2. The molecule has 0 aromatic heterocycles. The van der Waals surface area contributed by atoms with Crippen molar-refractivity contribution < 1.29 is 29.2 Å². The van der Waals surface area contributed by atoms with E-state index >= 15 is 0 Å². The lowest BCUT2D eigenvalue weighted by Crippen LogP contribution is -2.05. The summed E-state index contributed by atoms with van der Waals surface area (Å²) in [4.78, 5) is 36.9. The molecular weight excluding hydrogens is 414 g/mol. The largest absolute Gasteiger partial charge is 0.481 e. The molecule has 0 amide bonds. The van der Waals surface area contributed by atoms with Gasteiger partial charge >= 0.3 is 5.97 Å². The maximum atomic E-state index is 11.0. The van der Waals surface area contributed by atoms with E-state index in [1.165, 1.54) is 6.92 Å². The highest BCUT2D eigenvalue weighted by atomic mass is 16.6. The molecule has 1 rings (SSSR count). The highest BCUT2D eigenvalue weighted by molar-refractivity contribution is 6.37. The second kappa shape index (κ2) is 17.5. The standard InChI is InChI=1S/C23H33N3O6/c1-19(20(2)27)26-32-15-7-4-3-6-13-30-24-17-21-10-9-11-22(16-21)18-25-31-14-8-5-12-23(28)29/h9-11,16-18H,3-8,12-15H2,1-2H3,(H,28,29)/b24-17+,25-18-,26-19+. The molecule has 176 valence electrons. The van der Waals surface area contributed by atoms with Crippen molar-refractivity contribution in [1.82, 2.24) is 0 Å². The fourth-order valence-corrected chi connectivity index (χ4v) is 2.36. The molecule has 1 aromatic rings. The van der Waals surface area contributed by atoms with E-state index in [-0.39, 0.29) is 12.2 Å². The first kappa shape index (κ1) is 26.8. The first-order chi connectivity index (χ1) is 15.5. The third kappa shape index (κ3) is 14.7. The summed E-state index contributed by atoms with van der Waals surface area (Å²) in [5.41, 5.74) is 2.13. The number of benzene rings is 1. The lowest BCUT2D eigenvalue weighted by molar-refractivity contribution is -0.137. The molecule has 9 nitrogen and oxygen atoms in total. The quantitative estimate of drug-likeness (QED) is 0.205. The minimum Gasteiger partial charge on any atom is -0.481 e. The number of hydrogen-bond acceptors (Lipinski definition) is 8. The van der Waals surface area contributed by atoms with Crippen LogP contribution in [-0.4, -0.2) is 54.8 Å². The molecule has 0 fully saturated rings. The van der Waals surface area contributed by atoms with E-state index in [1.54, 1.807) is 19.4 Å². The smallest absolute Gasteiger partial charge is 0.303 e. The van der Waals surface area contributed by atoms with Crippen LogP contribution in [0.25, 0.3) is 0 Å². The summed E-state index contributed by atoms with van der Waals surface area (Å²) in [7, 11) is 0. The van der Waals surface area contributed by atoms with Gasteiger partial charge in [0.25, 0.3) is 0 Å². The third-order valence-electron chi connectivity index (χ3n) is 4.27. The molecule has 0 saturated carbocycles. The molecule has 0 radical (unpaired) electrons. The van der Waals surface area contributed by atoms with E-state index in [0.29, 0.717) is 38.4 Å². The predicted molar refractivity (Wildman–Crippen MR) is 123 cm³/mol. The maximum Gasteiger partial charge on any atom is 0.303 e. The average Bonchev–Trinajstić information content (AvgIpc) is 2.76. The molecule has 0 spiro atoms. The first-order valence-electron chi connectivity index (χ1n) is 10.8. The third-order valence-corrected chi connectivity index (χ3v) is 4.27. The number of carbonyl (C=O) groups is 2. The van der Waals surface area contributed by atoms with Crippen LogP contribution in [0.5, 0.6) is 0 Å². The molecule has 1 N–H and O–H groups in total. The molecule has 32 heavy (non-hydrogen) atoms. The number of unbranched alkanes of at least 4 members (excludes halogenated alkanes) is 4. The van der Waals surface area contributed by atoms with E-state index in [9.17, 15) is 9.59 Å². The van der Waals surface area contributed by atoms with E-state index in [1.807, 2.05) is 24.3 Å². The Labute approximate surface area is 189 Å². The van der Waals surface area contributed by atoms with Crippen LogP contribution < -0.4 is 0 Å². The number of Topliss-reactive ketones (excluding diaryl/α,β-unsaturated/α-hetero) is 1. The van der Waals surface area contributed by atoms with Crippen molar-refractivity contribution >= 4 is 29.9 Å². The molecule has 0 atom stereocenters. The lowest BCUT2D eigenvalue weighted by Gasteiger charge is -2.02. The summed E-state index contributed by atoms with van der Waals surface area (Å²) in [6, 6.07) is 7.60. The minimum atomic E-state index is -0.801. The highest BCUT2D eigenvalue weighted by Crippen LogP contribution is 2.04. The van der Waals surface area contributed by atoms with Gasteiger partial charge in [-0.3, -0.25) is 9.59 Å². The number of oxime groups is 3. The van der Waals surface area contributed by atoms with E-state index < -0.39 is 5.97 Å². The molecular formula is C23H33N3O6. The molecule has 0 aliphatic carbocycles. The van der Waals surface area contributed by atoms with Crippen molar-refractivity contribution in [2.24, 2.45) is 15.5 Å². The van der Waals surface area contributed by atoms with Gasteiger partial charge in [-0.1, -0.05) is 33.7 Å². The second-order valence-electron chi connectivity index (χ2n) is 7.14. The van der Waals surface area contributed by atoms with Crippen LogP contribution >= 0.6 is 0 Å². The van der Waals surface area contributed by atoms with Crippen LogP contribution in [0.1, 0.15) is 69.9 Å². The number of hydrogen-bond donors (Lipinski definition) is 1. The molecule has 0 heterocycles. The topological polar surface area (TPSA) is 119 Å². The van der Waals surface area contributed by atoms with Crippen LogP contribution in [0, 0.1) is 0 Å². The van der Waals surface area contributed by atoms with Gasteiger partial charge in [0.15, 0.2) is 5.78 Å². The van der Waals surface area contributed by atoms with Crippen molar-refractivity contribution in [3.05, 3.63) is 35.4 Å². The van der Waals surface area contributed by atoms with Gasteiger partial charge in [-0.05, 0) is 62.6 Å². The number of carboxylic acid groups (broad SMARTS) is 1. The summed E-state index contributed by atoms with van der Waals surface area (Å²) in [6.45, 7) is 4.52. The molecule has 0 aliphatic heterocycles. The van der Waals surface area contributed by atoms with Gasteiger partial charge in [0.1, 0.15) is 25.5 Å². The Kier molecular flexibility index (Phi) is 14.6. The van der Waals surface area contributed by atoms with Gasteiger partial charge in [0, 0.05) is 13.3 Å². The molecule has 0 aliphatic rings. The van der Waals surface area contributed by atoms with Gasteiger partial charge in [-0.15, -0.1) is 0 Å². The fraction of sp³-hybridized carbons (Fsp3) is 0.522. The van der Waals surface area contributed by atoms with Crippen molar-refractivity contribution in [3.63, 3.8) is 0 Å². The van der Waals surface area contributed by atoms with E-state index in [4.69, 9.17) is 19.6 Å². The molecule has 0 bridgehead atoms. The number of aliphatic carboxylic acids is 1. The summed E-state index contributed by atoms with van der Waals surface area (Å²) >= 11 is 0. The van der Waals surface area contributed by atoms with Gasteiger partial charge in [0.05, 0.1) is 12.4 Å². The Bertz CT molecular complexity index is 777. The Hall–Kier alpha value is -3.23. The minimum absolute atomic E-state index is 0.0849. The number of ketones is 1. The molecule has 0 unspecified atom stereocenters. The van der Waals surface area contributed by atoms with Crippen LogP contribution in [0.15, 0.2) is 39.7 Å². The Morgan fingerprint density at radius 3 is 1.91 bits per heavy atom. The monoisotopic (exact) mass is 447 g/mol. The SMILES string of the molecule is CC(=O)/C(C)=N/OCCCCCCO/N=C/c1cccc(/C=N\OCCCCC(=O)O)c1. The number of rotatable bonds is 18. The van der Waals surface area contributed by atoms with E-state index in [2.05, 4.69) is 15.5 Å². The highest BCUT2D eigenvalue weighted by Gasteiger charge is 1.98. The Morgan fingerprint density at radius 1 is 0.844 bits per heavy atom. The zero-order valence-corrected chi connectivity index (χ0v) is 18.9. The molecule has 9 heteroatoms. The average molecular weight is 448 g/mol. The number of carbonyl (C=O) groups excluding carboxylic acids is 1. The maximum absolute atomic E-state index is 11.0. The second-order valence-corrected chi connectivity index (χ2v) is 7.14. The van der Waals surface area contributed by atoms with Crippen LogP contribution in [-0.2, 0) is 24.1 Å². The van der Waals surface area contributed by atoms with Gasteiger partial charge < -0.3 is 19.6 Å². The van der Waals surface area contributed by atoms with Crippen molar-refractivity contribution in [2.45, 2.75) is 58.8 Å². The Morgan fingerprint density at radius 2 is 1.38 bits per heavy atom. The van der Waals surface area contributed by atoms with E-state index in [0.717, 1.165) is 36.8 Å². The normalized spacial score (nSPS) is 11.8. The van der Waals surface area contributed by atoms with Crippen molar-refractivity contribution in [1.29, 1.82) is 0 Å². The summed E-state index contributed by atoms with van der Waals surface area (Å²) in [5.74, 6) is -0.885. The Balaban J connectivity index is 2.12. The van der Waals surface area contributed by atoms with Crippen LogP contribution in [0.4, 0.5) is 0 Å². The van der Waals surface area contributed by atoms with Crippen molar-refractivity contribution in [2.75, 3.05) is 19.8 Å². The lowest BCUT2D eigenvalue weighted by atomic mass is 10.1.